The summed E-state index contributed by atoms with van der Waals surface area (Å²) in [5.41, 5.74) is 2.07. The minimum Gasteiger partial charge on any atom is -0.494 e. The number of rotatable bonds is 16. The molecule has 3 heterocycles. The summed E-state index contributed by atoms with van der Waals surface area (Å²) in [5, 5.41) is 14.5. The Kier molecular flexibility index (Phi) is 11.8. The van der Waals surface area contributed by atoms with Crippen molar-refractivity contribution in [2.45, 2.75) is 69.0 Å². The summed E-state index contributed by atoms with van der Waals surface area (Å²) in [6.07, 6.45) is -0.170. The van der Waals surface area contributed by atoms with Gasteiger partial charge in [-0.05, 0) is 67.0 Å². The molecule has 0 radical (unpaired) electrons. The highest BCUT2D eigenvalue weighted by Crippen LogP contribution is 2.35. The Labute approximate surface area is 293 Å². The second-order valence-electron chi connectivity index (χ2n) is 13.3. The largest absolute Gasteiger partial charge is 0.494 e. The maximum atomic E-state index is 13.9. The number of aliphatic hydroxyl groups is 1. The van der Waals surface area contributed by atoms with Crippen LogP contribution in [0, 0.1) is 11.8 Å². The number of hydrogen-bond donors (Lipinski definition) is 2. The third kappa shape index (κ3) is 9.07. The van der Waals surface area contributed by atoms with Crippen molar-refractivity contribution in [2.24, 2.45) is 11.8 Å². The molecule has 12 nitrogen and oxygen atoms in total. The van der Waals surface area contributed by atoms with Gasteiger partial charge in [0.05, 0.1) is 42.8 Å². The van der Waals surface area contributed by atoms with Crippen molar-refractivity contribution in [1.82, 2.24) is 9.62 Å². The molecule has 270 valence electrons. The van der Waals surface area contributed by atoms with E-state index in [1.807, 2.05) is 56.3 Å². The zero-order valence-corrected chi connectivity index (χ0v) is 29.3. The molecule has 2 saturated heterocycles. The van der Waals surface area contributed by atoms with E-state index in [-0.39, 0.29) is 55.9 Å². The molecule has 3 aliphatic rings. The van der Waals surface area contributed by atoms with Crippen LogP contribution in [0.3, 0.4) is 0 Å². The summed E-state index contributed by atoms with van der Waals surface area (Å²) in [5.74, 6) is 1.41. The normalized spacial score (nSPS) is 20.9. The molecule has 0 aromatic heterocycles. The molecule has 5 atom stereocenters. The van der Waals surface area contributed by atoms with Gasteiger partial charge in [0.15, 0.2) is 17.8 Å². The number of carbonyl (C=O) groups excluding carboxylic acids is 1. The molecule has 3 unspecified atom stereocenters. The van der Waals surface area contributed by atoms with E-state index in [2.05, 4.69) is 17.4 Å². The number of carbonyl (C=O) groups is 1. The van der Waals surface area contributed by atoms with Crippen LogP contribution in [-0.4, -0.2) is 88.2 Å². The molecule has 50 heavy (non-hydrogen) atoms. The quantitative estimate of drug-likeness (QED) is 0.204. The van der Waals surface area contributed by atoms with Crippen molar-refractivity contribution in [3.63, 3.8) is 0 Å². The number of nitrogens with one attached hydrogen (secondary N) is 1. The first-order valence-corrected chi connectivity index (χ1v) is 18.6. The predicted octanol–water partition coefficient (Wildman–Crippen LogP) is 4.53. The number of sulfonamides is 1. The maximum absolute atomic E-state index is 13.9. The maximum Gasteiger partial charge on any atom is 0.407 e. The van der Waals surface area contributed by atoms with Crippen molar-refractivity contribution in [2.75, 3.05) is 39.7 Å². The van der Waals surface area contributed by atoms with Gasteiger partial charge in [0, 0.05) is 19.2 Å². The van der Waals surface area contributed by atoms with Crippen LogP contribution in [-0.2, 0) is 37.1 Å². The van der Waals surface area contributed by atoms with E-state index >= 15 is 0 Å². The van der Waals surface area contributed by atoms with Gasteiger partial charge in [0.1, 0.15) is 11.9 Å². The fourth-order valence-corrected chi connectivity index (χ4v) is 8.08. The number of benzene rings is 3. The van der Waals surface area contributed by atoms with E-state index in [1.165, 1.54) is 22.0 Å². The van der Waals surface area contributed by atoms with Crippen molar-refractivity contribution >= 4 is 16.1 Å². The summed E-state index contributed by atoms with van der Waals surface area (Å²) in [6.45, 7) is 5.00. The number of aliphatic hydroxyl groups excluding tert-OH is 1. The zero-order chi connectivity index (χ0) is 35.1. The van der Waals surface area contributed by atoms with E-state index in [4.69, 9.17) is 28.4 Å². The lowest BCUT2D eigenvalue weighted by Gasteiger charge is -2.31. The second-order valence-corrected chi connectivity index (χ2v) is 15.2. The molecule has 6 rings (SSSR count). The minimum absolute atomic E-state index is 0.0134. The monoisotopic (exact) mass is 710 g/mol. The number of hydrogen-bond acceptors (Lipinski definition) is 10. The Balaban J connectivity index is 1.14. The molecule has 0 aliphatic carbocycles. The van der Waals surface area contributed by atoms with Crippen LogP contribution in [0.4, 0.5) is 4.79 Å². The molecule has 0 bridgehead atoms. The summed E-state index contributed by atoms with van der Waals surface area (Å²) < 4.78 is 62.8. The molecule has 1 amide bonds. The molecular weight excluding hydrogens is 664 g/mol. The molecule has 2 N–H and O–H groups in total. The molecule has 3 aromatic carbocycles. The van der Waals surface area contributed by atoms with Crippen LogP contribution in [0.15, 0.2) is 77.7 Å². The fraction of sp³-hybridized carbons (Fsp3) is 0.486. The van der Waals surface area contributed by atoms with E-state index in [9.17, 15) is 18.3 Å². The molecule has 0 spiro atoms. The van der Waals surface area contributed by atoms with E-state index in [0.29, 0.717) is 30.5 Å². The molecule has 2 fully saturated rings. The van der Waals surface area contributed by atoms with Gasteiger partial charge in [0.25, 0.3) is 0 Å². The smallest absolute Gasteiger partial charge is 0.407 e. The van der Waals surface area contributed by atoms with Crippen molar-refractivity contribution < 1.29 is 46.7 Å². The Bertz CT molecular complexity index is 1670. The lowest BCUT2D eigenvalue weighted by atomic mass is 10.0. The Morgan fingerprint density at radius 1 is 0.980 bits per heavy atom. The summed E-state index contributed by atoms with van der Waals surface area (Å²) in [6, 6.07) is 21.3. The van der Waals surface area contributed by atoms with Gasteiger partial charge in [0.2, 0.25) is 16.8 Å². The highest BCUT2D eigenvalue weighted by Gasteiger charge is 2.44. The van der Waals surface area contributed by atoms with Crippen LogP contribution in [0.1, 0.15) is 37.8 Å². The van der Waals surface area contributed by atoms with Gasteiger partial charge >= 0.3 is 6.09 Å². The van der Waals surface area contributed by atoms with Crippen LogP contribution < -0.4 is 19.5 Å². The summed E-state index contributed by atoms with van der Waals surface area (Å²) in [7, 11) is -4.06. The number of fused-ring (bicyclic) bond motifs is 2. The standard InChI is InChI=1S/C37H46N2O10S/c1-25(2)21-39(50(42,43)29-14-15-33-34(20-29)48-24-47-33)22-32(40)31(38-37(41)49-35-23-46-36-30(35)16-18-45-36)19-27-10-12-28(13-11-27)44-17-6-9-26-7-4-3-5-8-26/h3-5,7-8,10-15,20,25,30-32,35-36,40H,6,9,16-19,21-24H2,1-2H3,(H,38,41)/t30?,31-,32+,35?,36?/m0/s1. The lowest BCUT2D eigenvalue weighted by Crippen LogP contribution is -2.51. The van der Waals surface area contributed by atoms with E-state index < -0.39 is 34.4 Å². The first kappa shape index (κ1) is 35.9. The Hall–Kier alpha value is -3.88. The number of alkyl carbamates (subject to hydrolysis) is 1. The van der Waals surface area contributed by atoms with E-state index in [0.717, 1.165) is 24.8 Å². The van der Waals surface area contributed by atoms with Crippen molar-refractivity contribution in [3.8, 4) is 17.2 Å². The number of nitrogens with zero attached hydrogens (tertiary/aromatic N) is 1. The van der Waals surface area contributed by atoms with E-state index in [1.54, 1.807) is 6.07 Å². The SMILES string of the molecule is CC(C)CN(C[C@@H](O)[C@H](Cc1ccc(OCCCc2ccccc2)cc1)NC(=O)OC1COC2OCCC12)S(=O)(=O)c1ccc2c(c1)OCO2. The highest BCUT2D eigenvalue weighted by atomic mass is 32.2. The van der Waals surface area contributed by atoms with Gasteiger partial charge < -0.3 is 38.8 Å². The number of aryl methyl sites for hydroxylation is 1. The summed E-state index contributed by atoms with van der Waals surface area (Å²) in [4.78, 5) is 13.3. The zero-order valence-electron chi connectivity index (χ0n) is 28.4. The third-order valence-corrected chi connectivity index (χ3v) is 10.9. The van der Waals surface area contributed by atoms with Crippen LogP contribution in [0.25, 0.3) is 0 Å². The van der Waals surface area contributed by atoms with Gasteiger partial charge in [-0.25, -0.2) is 13.2 Å². The minimum atomic E-state index is -4.06. The van der Waals surface area contributed by atoms with Crippen molar-refractivity contribution in [1.29, 1.82) is 0 Å². The average molecular weight is 711 g/mol. The van der Waals surface area contributed by atoms with Gasteiger partial charge in [-0.1, -0.05) is 56.3 Å². The summed E-state index contributed by atoms with van der Waals surface area (Å²) >= 11 is 0. The predicted molar refractivity (Wildman–Crippen MR) is 184 cm³/mol. The Morgan fingerprint density at radius 2 is 1.76 bits per heavy atom. The van der Waals surface area contributed by atoms with Gasteiger partial charge in [-0.3, -0.25) is 0 Å². The molecule has 3 aromatic rings. The second kappa shape index (κ2) is 16.4. The fourth-order valence-electron chi connectivity index (χ4n) is 6.44. The molecule has 13 heteroatoms. The topological polar surface area (TPSA) is 142 Å². The van der Waals surface area contributed by atoms with Crippen LogP contribution in [0.2, 0.25) is 0 Å². The average Bonchev–Trinajstić information content (AvgIpc) is 3.86. The third-order valence-electron chi connectivity index (χ3n) is 9.05. The molecule has 0 saturated carbocycles. The first-order chi connectivity index (χ1) is 24.2. The highest BCUT2D eigenvalue weighted by molar-refractivity contribution is 7.89. The van der Waals surface area contributed by atoms with Crippen molar-refractivity contribution in [3.05, 3.63) is 83.9 Å². The molecule has 3 aliphatic heterocycles. The van der Waals surface area contributed by atoms with Crippen LogP contribution >= 0.6 is 0 Å². The molecular formula is C37H46N2O10S. The lowest BCUT2D eigenvalue weighted by molar-refractivity contribution is -0.0907. The van der Waals surface area contributed by atoms with Crippen LogP contribution in [0.5, 0.6) is 17.2 Å². The first-order valence-electron chi connectivity index (χ1n) is 17.2. The number of amides is 1. The number of ether oxygens (including phenoxy) is 6. The van der Waals surface area contributed by atoms with Gasteiger partial charge in [-0.15, -0.1) is 0 Å². The van der Waals surface area contributed by atoms with Gasteiger partial charge in [-0.2, -0.15) is 4.31 Å². The Morgan fingerprint density at radius 3 is 2.54 bits per heavy atom.